The third-order valence-corrected chi connectivity index (χ3v) is 4.58. The number of ether oxygens (including phenoxy) is 4. The number of unbranched alkanes of at least 4 members (excludes halogenated alkanes) is 5. The van der Waals surface area contributed by atoms with Gasteiger partial charge in [-0.15, -0.1) is 0 Å². The van der Waals surface area contributed by atoms with E-state index in [1.165, 1.54) is 38.5 Å². The van der Waals surface area contributed by atoms with Crippen molar-refractivity contribution < 1.29 is 18.9 Å². The van der Waals surface area contributed by atoms with Crippen LogP contribution in [0.5, 0.6) is 0 Å². The van der Waals surface area contributed by atoms with Gasteiger partial charge in [-0.1, -0.05) is 58.8 Å². The molecular formula is C22H46O4. The van der Waals surface area contributed by atoms with Crippen LogP contribution >= 0.6 is 0 Å². The van der Waals surface area contributed by atoms with Gasteiger partial charge >= 0.3 is 0 Å². The maximum absolute atomic E-state index is 5.98. The number of rotatable bonds is 16. The normalized spacial score (nSPS) is 17.5. The average molecular weight is 375 g/mol. The van der Waals surface area contributed by atoms with E-state index in [9.17, 15) is 0 Å². The molecule has 4 nitrogen and oxygen atoms in total. The van der Waals surface area contributed by atoms with Crippen LogP contribution in [0.15, 0.2) is 0 Å². The molecule has 26 heavy (non-hydrogen) atoms. The second-order valence-corrected chi connectivity index (χ2v) is 7.09. The molecule has 2 unspecified atom stereocenters. The second kappa shape index (κ2) is 17.0. The van der Waals surface area contributed by atoms with E-state index < -0.39 is 5.97 Å². The summed E-state index contributed by atoms with van der Waals surface area (Å²) in [6.07, 6.45) is 11.9. The lowest BCUT2D eigenvalue weighted by atomic mass is 9.93. The zero-order valence-electron chi connectivity index (χ0n) is 18.5. The van der Waals surface area contributed by atoms with Gasteiger partial charge in [0.2, 0.25) is 0 Å². The highest BCUT2D eigenvalue weighted by Crippen LogP contribution is 2.33. The lowest BCUT2D eigenvalue weighted by molar-refractivity contribution is -0.403. The molecule has 0 saturated carbocycles. The molecule has 1 aliphatic rings. The topological polar surface area (TPSA) is 40.2 Å². The monoisotopic (exact) mass is 374 g/mol. The third kappa shape index (κ3) is 12.3. The molecule has 0 bridgehead atoms. The quantitative estimate of drug-likeness (QED) is 0.180. The highest BCUT2D eigenvalue weighted by Gasteiger charge is 2.41. The van der Waals surface area contributed by atoms with Crippen molar-refractivity contribution in [2.45, 2.75) is 111 Å². The predicted octanol–water partition coefficient (Wildman–Crippen LogP) is 6.32. The van der Waals surface area contributed by atoms with Gasteiger partial charge in [0.25, 0.3) is 5.97 Å². The molecule has 1 rings (SSSR count). The van der Waals surface area contributed by atoms with E-state index in [1.54, 1.807) is 0 Å². The first-order valence-electron chi connectivity index (χ1n) is 11.1. The summed E-state index contributed by atoms with van der Waals surface area (Å²) in [6.45, 7) is 15.4. The molecule has 0 spiro atoms. The van der Waals surface area contributed by atoms with Gasteiger partial charge < -0.3 is 18.9 Å². The van der Waals surface area contributed by atoms with E-state index in [0.29, 0.717) is 31.8 Å². The smallest absolute Gasteiger partial charge is 0.285 e. The van der Waals surface area contributed by atoms with Crippen LogP contribution in [0.2, 0.25) is 0 Å². The molecule has 158 valence electrons. The summed E-state index contributed by atoms with van der Waals surface area (Å²) in [5.74, 6) is -0.513. The minimum atomic E-state index is -0.836. The number of hydrogen-bond donors (Lipinski definition) is 0. The Hall–Kier alpha value is -0.160. The molecule has 0 N–H and O–H groups in total. The van der Waals surface area contributed by atoms with Gasteiger partial charge in [0.05, 0.1) is 12.7 Å². The van der Waals surface area contributed by atoms with Crippen molar-refractivity contribution in [2.24, 2.45) is 5.92 Å². The van der Waals surface area contributed by atoms with Crippen molar-refractivity contribution >= 4 is 0 Å². The molecule has 1 heterocycles. The minimum absolute atomic E-state index is 0.323. The largest absolute Gasteiger partial charge is 0.373 e. The SMILES string of the molecule is CC1CO1.CCCCCCCCC(CCC)C(OCC)(OCC)OCC. The minimum Gasteiger partial charge on any atom is -0.373 e. The Morgan fingerprint density at radius 2 is 1.23 bits per heavy atom. The highest BCUT2D eigenvalue weighted by atomic mass is 16.9. The Bertz CT molecular complexity index is 275. The summed E-state index contributed by atoms with van der Waals surface area (Å²) in [7, 11) is 0. The lowest BCUT2D eigenvalue weighted by Gasteiger charge is -2.39. The van der Waals surface area contributed by atoms with Crippen molar-refractivity contribution in [3.8, 4) is 0 Å². The maximum atomic E-state index is 5.98. The van der Waals surface area contributed by atoms with Crippen LogP contribution in [-0.2, 0) is 18.9 Å². The van der Waals surface area contributed by atoms with Gasteiger partial charge in [-0.2, -0.15) is 0 Å². The van der Waals surface area contributed by atoms with Crippen molar-refractivity contribution in [3.63, 3.8) is 0 Å². The Labute approximate surface area is 163 Å². The summed E-state index contributed by atoms with van der Waals surface area (Å²) < 4.78 is 22.6. The van der Waals surface area contributed by atoms with Crippen molar-refractivity contribution in [1.29, 1.82) is 0 Å². The van der Waals surface area contributed by atoms with E-state index in [1.807, 2.05) is 20.8 Å². The van der Waals surface area contributed by atoms with Crippen molar-refractivity contribution in [1.82, 2.24) is 0 Å². The molecule has 0 radical (unpaired) electrons. The van der Waals surface area contributed by atoms with Crippen LogP contribution in [0.4, 0.5) is 0 Å². The van der Waals surface area contributed by atoms with Crippen molar-refractivity contribution in [2.75, 3.05) is 26.4 Å². The zero-order chi connectivity index (χ0) is 19.7. The van der Waals surface area contributed by atoms with Crippen molar-refractivity contribution in [3.05, 3.63) is 0 Å². The van der Waals surface area contributed by atoms with Crippen LogP contribution < -0.4 is 0 Å². The van der Waals surface area contributed by atoms with E-state index in [2.05, 4.69) is 20.8 Å². The molecule has 0 amide bonds. The maximum Gasteiger partial charge on any atom is 0.285 e. The lowest BCUT2D eigenvalue weighted by Crippen LogP contribution is -2.46. The zero-order valence-corrected chi connectivity index (χ0v) is 18.5. The van der Waals surface area contributed by atoms with Crippen LogP contribution in [0, 0.1) is 5.92 Å². The fourth-order valence-corrected chi connectivity index (χ4v) is 3.20. The summed E-state index contributed by atoms with van der Waals surface area (Å²) in [4.78, 5) is 0. The predicted molar refractivity (Wildman–Crippen MR) is 109 cm³/mol. The van der Waals surface area contributed by atoms with Gasteiger partial charge in [-0.25, -0.2) is 0 Å². The Morgan fingerprint density at radius 1 is 0.769 bits per heavy atom. The standard InChI is InChI=1S/C19H40O3.C3H6O/c1-6-11-12-13-14-15-17-18(16-7-2)19(20-8-3,21-9-4)22-10-5;1-3-2-4-3/h18H,6-17H2,1-5H3;3H,2H2,1H3. The third-order valence-electron chi connectivity index (χ3n) is 4.58. The van der Waals surface area contributed by atoms with Gasteiger partial charge in [-0.05, 0) is 40.5 Å². The Kier molecular flexibility index (Phi) is 16.9. The Balaban J connectivity index is 0.00000136. The molecule has 1 aliphatic heterocycles. The van der Waals surface area contributed by atoms with Gasteiger partial charge in [0.1, 0.15) is 0 Å². The van der Waals surface area contributed by atoms with E-state index in [-0.39, 0.29) is 0 Å². The highest BCUT2D eigenvalue weighted by molar-refractivity contribution is 4.72. The molecule has 4 heteroatoms. The first-order chi connectivity index (χ1) is 12.6. The van der Waals surface area contributed by atoms with Crippen LogP contribution in [0.3, 0.4) is 0 Å². The van der Waals surface area contributed by atoms with E-state index in [4.69, 9.17) is 18.9 Å². The number of hydrogen-bond acceptors (Lipinski definition) is 4. The molecule has 1 fully saturated rings. The van der Waals surface area contributed by atoms with Gasteiger partial charge in [-0.3, -0.25) is 0 Å². The average Bonchev–Trinajstić information content (AvgIpc) is 3.40. The van der Waals surface area contributed by atoms with Crippen LogP contribution in [0.1, 0.15) is 99.3 Å². The fraction of sp³-hybridized carbons (Fsp3) is 1.00. The first kappa shape index (κ1) is 25.8. The molecule has 0 aromatic carbocycles. The summed E-state index contributed by atoms with van der Waals surface area (Å²) in [5, 5.41) is 0. The first-order valence-corrected chi connectivity index (χ1v) is 11.1. The number of epoxide rings is 1. The molecule has 0 aliphatic carbocycles. The molecule has 1 saturated heterocycles. The van der Waals surface area contributed by atoms with Crippen LogP contribution in [0.25, 0.3) is 0 Å². The van der Waals surface area contributed by atoms with Gasteiger partial charge in [0.15, 0.2) is 0 Å². The fourth-order valence-electron chi connectivity index (χ4n) is 3.20. The molecule has 0 aromatic rings. The summed E-state index contributed by atoms with van der Waals surface area (Å²) in [5.41, 5.74) is 0. The molecular weight excluding hydrogens is 328 g/mol. The molecule has 0 aromatic heterocycles. The Morgan fingerprint density at radius 3 is 1.62 bits per heavy atom. The van der Waals surface area contributed by atoms with E-state index >= 15 is 0 Å². The summed E-state index contributed by atoms with van der Waals surface area (Å²) >= 11 is 0. The van der Waals surface area contributed by atoms with Gasteiger partial charge in [0, 0.05) is 25.7 Å². The second-order valence-electron chi connectivity index (χ2n) is 7.09. The van der Waals surface area contributed by atoms with Crippen LogP contribution in [-0.4, -0.2) is 38.5 Å². The molecule has 2 atom stereocenters. The van der Waals surface area contributed by atoms with E-state index in [0.717, 1.165) is 25.9 Å². The summed E-state index contributed by atoms with van der Waals surface area (Å²) in [6, 6.07) is 0.